The fraction of sp³-hybridized carbons (Fsp3) is 0.133. The molecule has 2 rings (SSSR count). The van der Waals surface area contributed by atoms with E-state index in [0.29, 0.717) is 0 Å². The Morgan fingerprint density at radius 1 is 0.840 bits per heavy atom. The summed E-state index contributed by atoms with van der Waals surface area (Å²) in [5, 5.41) is 5.23. The lowest BCUT2D eigenvalue weighted by atomic mass is 10.2. The molecule has 0 fully saturated rings. The van der Waals surface area contributed by atoms with E-state index in [-0.39, 0.29) is 16.5 Å². The second-order valence-corrected chi connectivity index (χ2v) is 5.14. The van der Waals surface area contributed by atoms with Crippen LogP contribution in [0.4, 0.5) is 37.7 Å². The third kappa shape index (κ3) is 6.14. The summed E-state index contributed by atoms with van der Waals surface area (Å²) in [6.45, 7) is 0. The predicted molar refractivity (Wildman–Crippen MR) is 84.4 cm³/mol. The van der Waals surface area contributed by atoms with E-state index in [4.69, 9.17) is 12.2 Å². The Hall–Kier alpha value is -2.49. The average molecular weight is 380 g/mol. The van der Waals surface area contributed by atoms with Crippen LogP contribution in [0.25, 0.3) is 0 Å². The average Bonchev–Trinajstić information content (AvgIpc) is 2.45. The van der Waals surface area contributed by atoms with Crippen molar-refractivity contribution >= 4 is 28.7 Å². The number of halogens is 6. The Labute approximate surface area is 143 Å². The topological polar surface area (TPSA) is 33.3 Å². The van der Waals surface area contributed by atoms with Crippen LogP contribution in [0.1, 0.15) is 5.56 Å². The maximum atomic E-state index is 12.5. The molecule has 10 heteroatoms. The van der Waals surface area contributed by atoms with E-state index in [1.807, 2.05) is 0 Å². The SMILES string of the molecule is FC(F)(F)Oc1cccc(NC(=S)Nc2ccc(C(F)(F)F)cc2)c1. The molecule has 0 aliphatic heterocycles. The molecule has 2 aromatic rings. The van der Waals surface area contributed by atoms with E-state index in [2.05, 4.69) is 15.4 Å². The monoisotopic (exact) mass is 380 g/mol. The smallest absolute Gasteiger partial charge is 0.406 e. The predicted octanol–water partition coefficient (Wildman–Crippen LogP) is 5.41. The Balaban J connectivity index is 1.99. The van der Waals surface area contributed by atoms with Gasteiger partial charge in [-0.25, -0.2) is 0 Å². The number of benzene rings is 2. The number of anilines is 2. The van der Waals surface area contributed by atoms with Crippen molar-refractivity contribution in [1.29, 1.82) is 0 Å². The van der Waals surface area contributed by atoms with Crippen molar-refractivity contribution < 1.29 is 31.1 Å². The van der Waals surface area contributed by atoms with Gasteiger partial charge in [-0.05, 0) is 48.6 Å². The first-order valence-corrected chi connectivity index (χ1v) is 7.05. The van der Waals surface area contributed by atoms with Crippen LogP contribution in [0.5, 0.6) is 5.75 Å². The van der Waals surface area contributed by atoms with Crippen LogP contribution in [0.2, 0.25) is 0 Å². The van der Waals surface area contributed by atoms with Crippen LogP contribution < -0.4 is 15.4 Å². The minimum absolute atomic E-state index is 0.0103. The number of hydrogen-bond acceptors (Lipinski definition) is 2. The fourth-order valence-corrected chi connectivity index (χ4v) is 2.04. The lowest BCUT2D eigenvalue weighted by molar-refractivity contribution is -0.274. The van der Waals surface area contributed by atoms with Gasteiger partial charge >= 0.3 is 12.5 Å². The van der Waals surface area contributed by atoms with Gasteiger partial charge in [-0.1, -0.05) is 6.07 Å². The number of ether oxygens (including phenoxy) is 1. The molecule has 0 heterocycles. The summed E-state index contributed by atoms with van der Waals surface area (Å²) in [6, 6.07) is 9.08. The zero-order chi connectivity index (χ0) is 18.7. The van der Waals surface area contributed by atoms with Crippen LogP contribution in [0.15, 0.2) is 48.5 Å². The molecule has 0 saturated carbocycles. The second-order valence-electron chi connectivity index (χ2n) is 4.73. The summed E-state index contributed by atoms with van der Waals surface area (Å²) in [7, 11) is 0. The van der Waals surface area contributed by atoms with Crippen molar-refractivity contribution in [2.75, 3.05) is 10.6 Å². The molecular weight excluding hydrogens is 370 g/mol. The Morgan fingerprint density at radius 2 is 1.44 bits per heavy atom. The van der Waals surface area contributed by atoms with E-state index in [1.54, 1.807) is 0 Å². The number of nitrogens with one attached hydrogen (secondary N) is 2. The van der Waals surface area contributed by atoms with E-state index in [1.165, 1.54) is 24.3 Å². The van der Waals surface area contributed by atoms with Crippen LogP contribution in [-0.2, 0) is 6.18 Å². The van der Waals surface area contributed by atoms with Gasteiger partial charge in [0.1, 0.15) is 5.75 Å². The molecule has 2 aromatic carbocycles. The van der Waals surface area contributed by atoms with Crippen LogP contribution in [0, 0.1) is 0 Å². The van der Waals surface area contributed by atoms with Crippen molar-refractivity contribution in [3.8, 4) is 5.75 Å². The van der Waals surface area contributed by atoms with Gasteiger partial charge < -0.3 is 15.4 Å². The lowest BCUT2D eigenvalue weighted by Gasteiger charge is -2.13. The highest BCUT2D eigenvalue weighted by atomic mass is 32.1. The zero-order valence-electron chi connectivity index (χ0n) is 12.2. The van der Waals surface area contributed by atoms with Crippen molar-refractivity contribution in [1.82, 2.24) is 0 Å². The summed E-state index contributed by atoms with van der Waals surface area (Å²) in [4.78, 5) is 0. The van der Waals surface area contributed by atoms with Gasteiger partial charge in [0.05, 0.1) is 5.56 Å². The molecule has 3 nitrogen and oxygen atoms in total. The van der Waals surface area contributed by atoms with Crippen LogP contribution >= 0.6 is 12.2 Å². The zero-order valence-corrected chi connectivity index (χ0v) is 13.0. The van der Waals surface area contributed by atoms with Gasteiger partial charge in [0.15, 0.2) is 5.11 Å². The van der Waals surface area contributed by atoms with Crippen molar-refractivity contribution in [2.45, 2.75) is 12.5 Å². The number of alkyl halides is 6. The van der Waals surface area contributed by atoms with Crippen LogP contribution in [0.3, 0.4) is 0 Å². The largest absolute Gasteiger partial charge is 0.573 e. The molecule has 0 radical (unpaired) electrons. The van der Waals surface area contributed by atoms with E-state index in [0.717, 1.165) is 24.3 Å². The molecular formula is C15H10F6N2OS. The quantitative estimate of drug-likeness (QED) is 0.551. The van der Waals surface area contributed by atoms with Gasteiger partial charge in [-0.15, -0.1) is 13.2 Å². The minimum atomic E-state index is -4.82. The summed E-state index contributed by atoms with van der Waals surface area (Å²) >= 11 is 4.97. The normalized spacial score (nSPS) is 11.8. The number of hydrogen-bond donors (Lipinski definition) is 2. The fourth-order valence-electron chi connectivity index (χ4n) is 1.81. The third-order valence-electron chi connectivity index (χ3n) is 2.80. The molecule has 0 atom stereocenters. The lowest BCUT2D eigenvalue weighted by Crippen LogP contribution is -2.20. The van der Waals surface area contributed by atoms with Crippen molar-refractivity contribution in [2.24, 2.45) is 0 Å². The summed E-state index contributed by atoms with van der Waals surface area (Å²) < 4.78 is 77.7. The first-order chi connectivity index (χ1) is 11.5. The second kappa shape index (κ2) is 7.18. The van der Waals surface area contributed by atoms with E-state index < -0.39 is 23.9 Å². The molecule has 25 heavy (non-hydrogen) atoms. The molecule has 134 valence electrons. The summed E-state index contributed by atoms with van der Waals surface area (Å²) in [6.07, 6.45) is -9.27. The van der Waals surface area contributed by atoms with Crippen molar-refractivity contribution in [3.05, 3.63) is 54.1 Å². The van der Waals surface area contributed by atoms with E-state index >= 15 is 0 Å². The maximum Gasteiger partial charge on any atom is 0.573 e. The highest BCUT2D eigenvalue weighted by Crippen LogP contribution is 2.30. The Bertz CT molecular complexity index is 743. The summed E-state index contributed by atoms with van der Waals surface area (Å²) in [5.74, 6) is -0.435. The molecule has 0 aromatic heterocycles. The first kappa shape index (κ1) is 18.8. The molecule has 0 bridgehead atoms. The molecule has 0 aliphatic carbocycles. The number of thiocarbonyl (C=S) groups is 1. The van der Waals surface area contributed by atoms with Gasteiger partial charge in [-0.2, -0.15) is 13.2 Å². The molecule has 0 saturated heterocycles. The minimum Gasteiger partial charge on any atom is -0.406 e. The van der Waals surface area contributed by atoms with Gasteiger partial charge in [-0.3, -0.25) is 0 Å². The summed E-state index contributed by atoms with van der Waals surface area (Å²) in [5.41, 5.74) is -0.312. The molecule has 0 aliphatic rings. The van der Waals surface area contributed by atoms with Gasteiger partial charge in [0.2, 0.25) is 0 Å². The van der Waals surface area contributed by atoms with Gasteiger partial charge in [0.25, 0.3) is 0 Å². The first-order valence-electron chi connectivity index (χ1n) is 6.64. The Kier molecular flexibility index (Phi) is 5.41. The molecule has 0 amide bonds. The molecule has 0 spiro atoms. The maximum absolute atomic E-state index is 12.5. The Morgan fingerprint density at radius 3 is 2.00 bits per heavy atom. The third-order valence-corrected chi connectivity index (χ3v) is 3.00. The van der Waals surface area contributed by atoms with E-state index in [9.17, 15) is 26.3 Å². The van der Waals surface area contributed by atoms with Crippen LogP contribution in [-0.4, -0.2) is 11.5 Å². The highest BCUT2D eigenvalue weighted by molar-refractivity contribution is 7.80. The highest BCUT2D eigenvalue weighted by Gasteiger charge is 2.31. The standard InChI is InChI=1S/C15H10F6N2OS/c16-14(17,18)9-4-6-10(7-5-9)22-13(25)23-11-2-1-3-12(8-11)24-15(19,20)21/h1-8H,(H2,22,23,25). The van der Waals surface area contributed by atoms with Crippen molar-refractivity contribution in [3.63, 3.8) is 0 Å². The molecule has 2 N–H and O–H groups in total. The molecule has 0 unspecified atom stereocenters. The number of rotatable bonds is 3. The van der Waals surface area contributed by atoms with Gasteiger partial charge in [0, 0.05) is 17.4 Å².